The molecule has 1 aliphatic heterocycles. The minimum Gasteiger partial charge on any atom is -0.454 e. The molecule has 100 valence electrons. The van der Waals surface area contributed by atoms with E-state index in [1.54, 1.807) is 0 Å². The smallest absolute Gasteiger partial charge is 0.231 e. The summed E-state index contributed by atoms with van der Waals surface area (Å²) in [6.45, 7) is 4.31. The number of nitrogens with one attached hydrogen (secondary N) is 1. The van der Waals surface area contributed by atoms with Crippen molar-refractivity contribution in [1.82, 2.24) is 5.32 Å². The van der Waals surface area contributed by atoms with E-state index in [4.69, 9.17) is 21.1 Å². The van der Waals surface area contributed by atoms with Crippen molar-refractivity contribution >= 4 is 23.4 Å². The number of thioether (sulfide) groups is 1. The molecule has 5 heteroatoms. The van der Waals surface area contributed by atoms with E-state index in [0.717, 1.165) is 24.4 Å². The normalized spacial score (nSPS) is 14.8. The molecule has 1 heterocycles. The highest BCUT2D eigenvalue weighted by molar-refractivity contribution is 7.98. The third-order valence-electron chi connectivity index (χ3n) is 2.76. The molecule has 1 aromatic carbocycles. The first-order valence-corrected chi connectivity index (χ1v) is 7.75. The molecule has 1 unspecified atom stereocenters. The van der Waals surface area contributed by atoms with Crippen molar-refractivity contribution in [3.63, 3.8) is 0 Å². The van der Waals surface area contributed by atoms with Crippen LogP contribution in [0.15, 0.2) is 12.1 Å². The first-order chi connectivity index (χ1) is 8.70. The van der Waals surface area contributed by atoms with Gasteiger partial charge in [0.25, 0.3) is 0 Å². The van der Waals surface area contributed by atoms with Gasteiger partial charge >= 0.3 is 0 Å². The summed E-state index contributed by atoms with van der Waals surface area (Å²) < 4.78 is 10.6. The van der Waals surface area contributed by atoms with E-state index in [2.05, 4.69) is 18.5 Å². The van der Waals surface area contributed by atoms with Crippen molar-refractivity contribution in [1.29, 1.82) is 0 Å². The Hall–Kier alpha value is -0.580. The predicted molar refractivity (Wildman–Crippen MR) is 76.8 cm³/mol. The summed E-state index contributed by atoms with van der Waals surface area (Å²) in [7, 11) is 0. The van der Waals surface area contributed by atoms with Crippen molar-refractivity contribution < 1.29 is 9.47 Å². The third-order valence-corrected chi connectivity index (χ3v) is 3.94. The molecule has 0 saturated heterocycles. The van der Waals surface area contributed by atoms with Crippen molar-refractivity contribution in [2.75, 3.05) is 25.3 Å². The quantitative estimate of drug-likeness (QED) is 0.871. The Morgan fingerprint density at radius 1 is 1.44 bits per heavy atom. The molecule has 0 bridgehead atoms. The highest BCUT2D eigenvalue weighted by atomic mass is 35.5. The molecule has 0 aliphatic carbocycles. The summed E-state index contributed by atoms with van der Waals surface area (Å²) in [4.78, 5) is 0. The summed E-state index contributed by atoms with van der Waals surface area (Å²) >= 11 is 8.01. The molecule has 0 spiro atoms. The van der Waals surface area contributed by atoms with Crippen LogP contribution in [0, 0.1) is 5.92 Å². The maximum Gasteiger partial charge on any atom is 0.231 e. The van der Waals surface area contributed by atoms with E-state index in [9.17, 15) is 0 Å². The molecule has 2 rings (SSSR count). The molecule has 1 aromatic rings. The lowest BCUT2D eigenvalue weighted by Gasteiger charge is -2.11. The van der Waals surface area contributed by atoms with Gasteiger partial charge in [0.15, 0.2) is 11.5 Å². The van der Waals surface area contributed by atoms with Crippen molar-refractivity contribution in [2.45, 2.75) is 13.5 Å². The van der Waals surface area contributed by atoms with Crippen LogP contribution >= 0.6 is 23.4 Å². The Kier molecular flexibility index (Phi) is 5.03. The van der Waals surface area contributed by atoms with E-state index < -0.39 is 0 Å². The fourth-order valence-corrected chi connectivity index (χ4v) is 2.90. The number of fused-ring (bicyclic) bond motifs is 1. The molecule has 1 N–H and O–H groups in total. The minimum absolute atomic E-state index is 0.261. The van der Waals surface area contributed by atoms with Crippen LogP contribution in [0.3, 0.4) is 0 Å². The second-order valence-electron chi connectivity index (χ2n) is 4.50. The zero-order valence-corrected chi connectivity index (χ0v) is 12.2. The Bertz CT molecular complexity index is 414. The third kappa shape index (κ3) is 3.46. The lowest BCUT2D eigenvalue weighted by atomic mass is 10.2. The lowest BCUT2D eigenvalue weighted by molar-refractivity contribution is 0.174. The van der Waals surface area contributed by atoms with Gasteiger partial charge in [0.2, 0.25) is 6.79 Å². The van der Waals surface area contributed by atoms with Crippen LogP contribution < -0.4 is 14.8 Å². The molecule has 1 atom stereocenters. The van der Waals surface area contributed by atoms with Crippen LogP contribution in [0.25, 0.3) is 0 Å². The fourth-order valence-electron chi connectivity index (χ4n) is 1.93. The van der Waals surface area contributed by atoms with Crippen LogP contribution in [0.5, 0.6) is 11.5 Å². The summed E-state index contributed by atoms with van der Waals surface area (Å²) in [5.41, 5.74) is 1.13. The molecule has 1 aliphatic rings. The second kappa shape index (κ2) is 6.55. The molecule has 3 nitrogen and oxygen atoms in total. The van der Waals surface area contributed by atoms with Gasteiger partial charge in [0, 0.05) is 6.54 Å². The van der Waals surface area contributed by atoms with Crippen LogP contribution in [0.2, 0.25) is 5.02 Å². The Morgan fingerprint density at radius 3 is 3.06 bits per heavy atom. The number of halogens is 1. The predicted octanol–water partition coefficient (Wildman–Crippen LogP) is 3.16. The van der Waals surface area contributed by atoms with Crippen LogP contribution in [-0.2, 0) is 6.54 Å². The van der Waals surface area contributed by atoms with Gasteiger partial charge in [-0.15, -0.1) is 0 Å². The standard InChI is InChI=1S/C13H18ClNO2S/c1-9(7-18-2)5-15-6-10-3-11(14)13-12(4-10)16-8-17-13/h3-4,9,15H,5-8H2,1-2H3. The molecule has 18 heavy (non-hydrogen) atoms. The summed E-state index contributed by atoms with van der Waals surface area (Å²) in [5.74, 6) is 3.26. The average Bonchev–Trinajstić information content (AvgIpc) is 2.78. The first kappa shape index (κ1) is 13.8. The summed E-state index contributed by atoms with van der Waals surface area (Å²) in [6.07, 6.45) is 2.13. The average molecular weight is 288 g/mol. The number of benzene rings is 1. The molecule has 0 saturated carbocycles. The monoisotopic (exact) mass is 287 g/mol. The number of hydrogen-bond donors (Lipinski definition) is 1. The van der Waals surface area contributed by atoms with Gasteiger partial charge < -0.3 is 14.8 Å². The maximum atomic E-state index is 6.13. The van der Waals surface area contributed by atoms with Crippen LogP contribution in [0.1, 0.15) is 12.5 Å². The van der Waals surface area contributed by atoms with Gasteiger partial charge in [-0.2, -0.15) is 11.8 Å². The van der Waals surface area contributed by atoms with E-state index in [-0.39, 0.29) is 6.79 Å². The maximum absolute atomic E-state index is 6.13. The van der Waals surface area contributed by atoms with Gasteiger partial charge in [-0.25, -0.2) is 0 Å². The van der Waals surface area contributed by atoms with Gasteiger partial charge in [-0.1, -0.05) is 18.5 Å². The SMILES string of the molecule is CSCC(C)CNCc1cc(Cl)c2c(c1)OCO2. The Balaban J connectivity index is 1.88. The van der Waals surface area contributed by atoms with E-state index in [1.165, 1.54) is 5.75 Å². The zero-order chi connectivity index (χ0) is 13.0. The number of rotatable bonds is 6. The van der Waals surface area contributed by atoms with Crippen molar-refractivity contribution in [2.24, 2.45) is 5.92 Å². The van der Waals surface area contributed by atoms with Crippen molar-refractivity contribution in [3.05, 3.63) is 22.7 Å². The zero-order valence-electron chi connectivity index (χ0n) is 10.7. The molecule has 0 amide bonds. The lowest BCUT2D eigenvalue weighted by Crippen LogP contribution is -2.22. The highest BCUT2D eigenvalue weighted by Crippen LogP contribution is 2.39. The molecular formula is C13H18ClNO2S. The number of ether oxygens (including phenoxy) is 2. The Morgan fingerprint density at radius 2 is 2.28 bits per heavy atom. The van der Waals surface area contributed by atoms with Crippen LogP contribution in [0.4, 0.5) is 0 Å². The van der Waals surface area contributed by atoms with E-state index in [1.807, 2.05) is 23.9 Å². The van der Waals surface area contributed by atoms with Crippen molar-refractivity contribution in [3.8, 4) is 11.5 Å². The highest BCUT2D eigenvalue weighted by Gasteiger charge is 2.18. The first-order valence-electron chi connectivity index (χ1n) is 5.98. The van der Waals surface area contributed by atoms with Crippen LogP contribution in [-0.4, -0.2) is 25.3 Å². The second-order valence-corrected chi connectivity index (χ2v) is 5.82. The minimum atomic E-state index is 0.261. The summed E-state index contributed by atoms with van der Waals surface area (Å²) in [6, 6.07) is 3.92. The molecular weight excluding hydrogens is 270 g/mol. The fraction of sp³-hybridized carbons (Fsp3) is 0.538. The molecule has 0 fully saturated rings. The van der Waals surface area contributed by atoms with Gasteiger partial charge in [-0.3, -0.25) is 0 Å². The molecule has 0 radical (unpaired) electrons. The summed E-state index contributed by atoms with van der Waals surface area (Å²) in [5, 5.41) is 4.06. The largest absolute Gasteiger partial charge is 0.454 e. The molecule has 0 aromatic heterocycles. The van der Waals surface area contributed by atoms with Gasteiger partial charge in [0.05, 0.1) is 5.02 Å². The van der Waals surface area contributed by atoms with Gasteiger partial charge in [0.1, 0.15) is 0 Å². The van der Waals surface area contributed by atoms with E-state index >= 15 is 0 Å². The topological polar surface area (TPSA) is 30.5 Å². The van der Waals surface area contributed by atoms with Gasteiger partial charge in [-0.05, 0) is 42.2 Å². The van der Waals surface area contributed by atoms with E-state index in [0.29, 0.717) is 16.7 Å². The number of hydrogen-bond acceptors (Lipinski definition) is 4. The Labute approximate surface area is 117 Å².